The van der Waals surface area contributed by atoms with Gasteiger partial charge in [-0.15, -0.1) is 0 Å². The van der Waals surface area contributed by atoms with Crippen molar-refractivity contribution in [3.05, 3.63) is 64.3 Å². The second-order valence-electron chi connectivity index (χ2n) is 3.80. The Balaban J connectivity index is 2.23. The maximum absolute atomic E-state index is 12.7. The minimum atomic E-state index is -4.62. The zero-order valence-electron chi connectivity index (χ0n) is 9.69. The molecule has 19 heavy (non-hydrogen) atoms. The van der Waals surface area contributed by atoms with Crippen molar-refractivity contribution >= 4 is 0 Å². The first-order chi connectivity index (χ1) is 8.97. The van der Waals surface area contributed by atoms with Crippen LogP contribution in [0, 0.1) is 0 Å². The van der Waals surface area contributed by atoms with Gasteiger partial charge in [0.15, 0.2) is 5.69 Å². The predicted molar refractivity (Wildman–Crippen MR) is 63.0 cm³/mol. The molecule has 0 aliphatic rings. The quantitative estimate of drug-likeness (QED) is 0.927. The molecule has 2 aromatic rings. The van der Waals surface area contributed by atoms with Gasteiger partial charge in [0.2, 0.25) is 0 Å². The summed E-state index contributed by atoms with van der Waals surface area (Å²) >= 11 is 0. The lowest BCUT2D eigenvalue weighted by molar-refractivity contribution is -0.143. The first kappa shape index (κ1) is 13.1. The van der Waals surface area contributed by atoms with Crippen LogP contribution in [-0.4, -0.2) is 9.66 Å². The summed E-state index contributed by atoms with van der Waals surface area (Å²) in [7, 11) is 0. The van der Waals surface area contributed by atoms with Gasteiger partial charge in [-0.25, -0.2) is 4.68 Å². The Hall–Kier alpha value is -2.31. The van der Waals surface area contributed by atoms with Crippen molar-refractivity contribution in [1.82, 2.24) is 9.66 Å². The van der Waals surface area contributed by atoms with Gasteiger partial charge in [0.1, 0.15) is 6.33 Å². The molecule has 1 heterocycles. The van der Waals surface area contributed by atoms with E-state index in [-0.39, 0.29) is 6.54 Å². The zero-order chi connectivity index (χ0) is 13.9. The van der Waals surface area contributed by atoms with E-state index in [0.29, 0.717) is 10.7 Å². The highest BCUT2D eigenvalue weighted by Crippen LogP contribution is 2.27. The highest BCUT2D eigenvalue weighted by molar-refractivity contribution is 5.16. The summed E-state index contributed by atoms with van der Waals surface area (Å²) < 4.78 is 38.9. The van der Waals surface area contributed by atoms with E-state index in [2.05, 4.69) is 10.4 Å². The average molecular weight is 269 g/mol. The molecule has 100 valence electrons. The number of nitrogens with one attached hydrogen (secondary N) is 1. The molecule has 0 bridgehead atoms. The number of alkyl halides is 3. The molecule has 1 aromatic carbocycles. The number of aromatic nitrogens is 2. The van der Waals surface area contributed by atoms with Crippen molar-refractivity contribution in [3.63, 3.8) is 0 Å². The van der Waals surface area contributed by atoms with Crippen LogP contribution in [0.2, 0.25) is 0 Å². The van der Waals surface area contributed by atoms with Crippen molar-refractivity contribution < 1.29 is 13.2 Å². The molecule has 4 nitrogen and oxygen atoms in total. The molecule has 1 aromatic heterocycles. The number of rotatable bonds is 3. The Morgan fingerprint density at radius 1 is 1.21 bits per heavy atom. The predicted octanol–water partition coefficient (Wildman–Crippen LogP) is 2.01. The lowest BCUT2D eigenvalue weighted by Crippen LogP contribution is -2.27. The summed E-state index contributed by atoms with van der Waals surface area (Å²) in [5, 5.41) is 0. The SMILES string of the molecule is O=c1cc(C(F)(F)F)n(NCc2ccccc2)cn1. The Morgan fingerprint density at radius 3 is 2.53 bits per heavy atom. The molecule has 0 aliphatic carbocycles. The molecule has 0 unspecified atom stereocenters. The van der Waals surface area contributed by atoms with E-state index in [4.69, 9.17) is 0 Å². The molecule has 0 saturated heterocycles. The first-order valence-electron chi connectivity index (χ1n) is 5.40. The highest BCUT2D eigenvalue weighted by Gasteiger charge is 2.34. The van der Waals surface area contributed by atoms with E-state index in [1.165, 1.54) is 0 Å². The number of benzene rings is 1. The van der Waals surface area contributed by atoms with Gasteiger partial charge in [0.25, 0.3) is 5.56 Å². The molecule has 0 radical (unpaired) electrons. The molecule has 7 heteroatoms. The maximum Gasteiger partial charge on any atom is 0.433 e. The highest BCUT2D eigenvalue weighted by atomic mass is 19.4. The lowest BCUT2D eigenvalue weighted by atomic mass is 10.2. The Kier molecular flexibility index (Phi) is 3.55. The van der Waals surface area contributed by atoms with Crippen LogP contribution in [0.15, 0.2) is 47.5 Å². The van der Waals surface area contributed by atoms with Gasteiger partial charge in [-0.1, -0.05) is 30.3 Å². The van der Waals surface area contributed by atoms with Crippen LogP contribution >= 0.6 is 0 Å². The second-order valence-corrected chi connectivity index (χ2v) is 3.80. The zero-order valence-corrected chi connectivity index (χ0v) is 9.69. The molecule has 0 aliphatic heterocycles. The van der Waals surface area contributed by atoms with Crippen LogP contribution in [0.1, 0.15) is 11.3 Å². The Morgan fingerprint density at radius 2 is 1.89 bits per heavy atom. The smallest absolute Gasteiger partial charge is 0.320 e. The fourth-order valence-corrected chi connectivity index (χ4v) is 1.52. The van der Waals surface area contributed by atoms with Crippen molar-refractivity contribution in [2.75, 3.05) is 5.43 Å². The number of halogens is 3. The van der Waals surface area contributed by atoms with E-state index < -0.39 is 17.4 Å². The van der Waals surface area contributed by atoms with Crippen molar-refractivity contribution in [1.29, 1.82) is 0 Å². The minimum absolute atomic E-state index is 0.189. The monoisotopic (exact) mass is 269 g/mol. The standard InChI is InChI=1S/C12H10F3N3O/c13-12(14,15)10-6-11(19)16-8-18(10)17-7-9-4-2-1-3-5-9/h1-6,8,17H,7H2. The molecule has 1 N–H and O–H groups in total. The van der Waals surface area contributed by atoms with Crippen molar-refractivity contribution in [3.8, 4) is 0 Å². The third-order valence-electron chi connectivity index (χ3n) is 2.41. The van der Waals surface area contributed by atoms with Crippen LogP contribution in [0.5, 0.6) is 0 Å². The average Bonchev–Trinajstić information content (AvgIpc) is 2.37. The minimum Gasteiger partial charge on any atom is -0.320 e. The van der Waals surface area contributed by atoms with Crippen LogP contribution < -0.4 is 11.0 Å². The van der Waals surface area contributed by atoms with Gasteiger partial charge in [-0.3, -0.25) is 4.79 Å². The van der Waals surface area contributed by atoms with E-state index in [9.17, 15) is 18.0 Å². The largest absolute Gasteiger partial charge is 0.433 e. The topological polar surface area (TPSA) is 46.9 Å². The van der Waals surface area contributed by atoms with Crippen molar-refractivity contribution in [2.24, 2.45) is 0 Å². The summed E-state index contributed by atoms with van der Waals surface area (Å²) in [6, 6.07) is 9.38. The van der Waals surface area contributed by atoms with E-state index >= 15 is 0 Å². The summed E-state index contributed by atoms with van der Waals surface area (Å²) in [6.45, 7) is 0.189. The first-order valence-corrected chi connectivity index (χ1v) is 5.40. The Labute approximate surface area is 106 Å². The number of nitrogens with zero attached hydrogens (tertiary/aromatic N) is 2. The summed E-state index contributed by atoms with van der Waals surface area (Å²) in [4.78, 5) is 14.2. The van der Waals surface area contributed by atoms with Gasteiger partial charge in [-0.2, -0.15) is 18.2 Å². The van der Waals surface area contributed by atoms with Gasteiger partial charge in [-0.05, 0) is 5.56 Å². The maximum atomic E-state index is 12.7. The van der Waals surface area contributed by atoms with Gasteiger partial charge < -0.3 is 5.43 Å². The van der Waals surface area contributed by atoms with E-state index in [1.54, 1.807) is 24.3 Å². The number of hydrogen-bond donors (Lipinski definition) is 1. The summed E-state index contributed by atoms with van der Waals surface area (Å²) in [6.07, 6.45) is -3.79. The third kappa shape index (κ3) is 3.34. The molecular weight excluding hydrogens is 259 g/mol. The number of hydrogen-bond acceptors (Lipinski definition) is 3. The van der Waals surface area contributed by atoms with Crippen LogP contribution in [0.4, 0.5) is 13.2 Å². The third-order valence-corrected chi connectivity index (χ3v) is 2.41. The molecule has 2 rings (SSSR count). The summed E-state index contributed by atoms with van der Waals surface area (Å²) in [5.41, 5.74) is 1.37. The molecule has 0 amide bonds. The second kappa shape index (κ2) is 5.13. The van der Waals surface area contributed by atoms with Gasteiger partial charge >= 0.3 is 6.18 Å². The summed E-state index contributed by atoms with van der Waals surface area (Å²) in [5.74, 6) is 0. The molecule has 0 saturated carbocycles. The van der Waals surface area contributed by atoms with Gasteiger partial charge in [0.05, 0.1) is 6.54 Å². The van der Waals surface area contributed by atoms with Crippen LogP contribution in [-0.2, 0) is 12.7 Å². The van der Waals surface area contributed by atoms with Crippen molar-refractivity contribution in [2.45, 2.75) is 12.7 Å². The van der Waals surface area contributed by atoms with Gasteiger partial charge in [0, 0.05) is 6.07 Å². The molecular formula is C12H10F3N3O. The van der Waals surface area contributed by atoms with E-state index in [1.807, 2.05) is 6.07 Å². The lowest BCUT2D eigenvalue weighted by Gasteiger charge is -2.16. The van der Waals surface area contributed by atoms with E-state index in [0.717, 1.165) is 11.9 Å². The van der Waals surface area contributed by atoms with Crippen LogP contribution in [0.3, 0.4) is 0 Å². The fourth-order valence-electron chi connectivity index (χ4n) is 1.52. The molecule has 0 atom stereocenters. The normalized spacial score (nSPS) is 11.3. The molecule has 0 fully saturated rings. The Bertz CT molecular complexity index is 608. The molecule has 0 spiro atoms. The fraction of sp³-hybridized carbons (Fsp3) is 0.167. The van der Waals surface area contributed by atoms with Crippen LogP contribution in [0.25, 0.3) is 0 Å².